The number of amides is 1. The highest BCUT2D eigenvalue weighted by Gasteiger charge is 2.31. The topological polar surface area (TPSA) is 137 Å². The van der Waals surface area contributed by atoms with E-state index in [1.807, 2.05) is 12.1 Å². The van der Waals surface area contributed by atoms with E-state index in [1.165, 1.54) is 18.2 Å². The summed E-state index contributed by atoms with van der Waals surface area (Å²) in [4.78, 5) is 16.3. The molecule has 1 unspecified atom stereocenters. The minimum atomic E-state index is -4.77. The number of halogens is 3. The molecule has 0 bridgehead atoms. The van der Waals surface area contributed by atoms with Crippen LogP contribution in [0.3, 0.4) is 0 Å². The number of pyridine rings is 1. The van der Waals surface area contributed by atoms with Gasteiger partial charge >= 0.3 is 6.36 Å². The number of hydrogen-bond acceptors (Lipinski definition) is 10. The van der Waals surface area contributed by atoms with Gasteiger partial charge in [0.05, 0.1) is 17.8 Å². The molecule has 5 N–H and O–H groups in total. The lowest BCUT2D eigenvalue weighted by molar-refractivity contribution is -0.274. The first-order valence-corrected chi connectivity index (χ1v) is 12.5. The van der Waals surface area contributed by atoms with Crippen molar-refractivity contribution in [3.05, 3.63) is 89.6 Å². The van der Waals surface area contributed by atoms with Gasteiger partial charge in [0.15, 0.2) is 5.82 Å². The van der Waals surface area contributed by atoms with Crippen molar-refractivity contribution in [2.45, 2.75) is 44.8 Å². The summed E-state index contributed by atoms with van der Waals surface area (Å²) in [5, 5.41) is 26.0. The first kappa shape index (κ1) is 28.7. The van der Waals surface area contributed by atoms with Crippen LogP contribution < -0.4 is 26.3 Å². The van der Waals surface area contributed by atoms with Gasteiger partial charge in [0, 0.05) is 31.2 Å². The molecular formula is C26H29F3N8O3. The number of benzene rings is 1. The molecule has 1 atom stereocenters. The first-order valence-electron chi connectivity index (χ1n) is 12.5. The maximum absolute atomic E-state index is 12.4. The predicted molar refractivity (Wildman–Crippen MR) is 139 cm³/mol. The van der Waals surface area contributed by atoms with Gasteiger partial charge in [-0.15, -0.1) is 23.8 Å². The normalized spacial score (nSPS) is 13.9. The molecule has 0 spiro atoms. The number of anilines is 1. The molecule has 4 rings (SSSR count). The number of aliphatic hydroxyl groups excluding tert-OH is 1. The van der Waals surface area contributed by atoms with Crippen LogP contribution in [0.4, 0.5) is 19.0 Å². The standard InChI is InChI=1S/C26H29F3N8O3/c27-26(28,29)40-21-9-5-6-18(14-21)16-31-25(39)22-17-37(36-34-22)13-4-2-7-19-10-11-23(35-33-19)32-24(38)15-20-8-1-3-12-30-20/h1,3,5-6,8-12,14,17,25,31,34,36,39H,2,4,7,13,15-16H2,(H,32,35,38). The van der Waals surface area contributed by atoms with Crippen molar-refractivity contribution in [1.82, 2.24) is 36.5 Å². The number of hydrogen-bond donors (Lipinski definition) is 5. The molecule has 212 valence electrons. The van der Waals surface area contributed by atoms with E-state index in [2.05, 4.69) is 41.5 Å². The third kappa shape index (κ3) is 9.48. The Bertz CT molecular complexity index is 1280. The van der Waals surface area contributed by atoms with Gasteiger partial charge in [0.1, 0.15) is 12.0 Å². The van der Waals surface area contributed by atoms with E-state index in [0.29, 0.717) is 35.7 Å². The lowest BCUT2D eigenvalue weighted by Gasteiger charge is -2.15. The van der Waals surface area contributed by atoms with Crippen molar-refractivity contribution in [1.29, 1.82) is 0 Å². The number of hydrazine groups is 2. The maximum Gasteiger partial charge on any atom is 0.573 e. The number of nitrogens with one attached hydrogen (secondary N) is 4. The molecular weight excluding hydrogens is 529 g/mol. The van der Waals surface area contributed by atoms with Crippen LogP contribution in [-0.4, -0.2) is 50.3 Å². The number of aromatic nitrogens is 3. The monoisotopic (exact) mass is 558 g/mol. The molecule has 1 aliphatic rings. The highest BCUT2D eigenvalue weighted by Crippen LogP contribution is 2.23. The molecule has 14 heteroatoms. The molecule has 1 amide bonds. The Morgan fingerprint density at radius 3 is 2.70 bits per heavy atom. The number of ether oxygens (including phenoxy) is 1. The largest absolute Gasteiger partial charge is 0.573 e. The summed E-state index contributed by atoms with van der Waals surface area (Å²) in [7, 11) is 0. The van der Waals surface area contributed by atoms with Gasteiger partial charge in [-0.2, -0.15) is 5.10 Å². The average molecular weight is 559 g/mol. The number of alkyl halides is 3. The first-order chi connectivity index (χ1) is 19.2. The fraction of sp³-hybridized carbons (Fsp3) is 0.308. The molecule has 0 saturated carbocycles. The summed E-state index contributed by atoms with van der Waals surface area (Å²) in [5.41, 5.74) is 8.27. The Balaban J connectivity index is 1.13. The number of nitrogens with zero attached hydrogens (tertiary/aromatic N) is 4. The predicted octanol–water partition coefficient (Wildman–Crippen LogP) is 2.55. The highest BCUT2D eigenvalue weighted by atomic mass is 19.4. The third-order valence-electron chi connectivity index (χ3n) is 5.70. The van der Waals surface area contributed by atoms with Crippen LogP contribution in [0.15, 0.2) is 72.7 Å². The molecule has 0 fully saturated rings. The zero-order chi connectivity index (χ0) is 28.4. The Morgan fingerprint density at radius 2 is 1.95 bits per heavy atom. The molecule has 0 saturated heterocycles. The summed E-state index contributed by atoms with van der Waals surface area (Å²) < 4.78 is 41.1. The second kappa shape index (κ2) is 13.7. The lowest BCUT2D eigenvalue weighted by atomic mass is 10.2. The Hall–Kier alpha value is -4.27. The zero-order valence-electron chi connectivity index (χ0n) is 21.4. The number of carbonyl (C=O) groups is 1. The van der Waals surface area contributed by atoms with Crippen molar-refractivity contribution in [3.8, 4) is 5.75 Å². The van der Waals surface area contributed by atoms with Gasteiger partial charge in [0.2, 0.25) is 5.91 Å². The molecule has 0 aliphatic carbocycles. The van der Waals surface area contributed by atoms with Crippen LogP contribution in [0.25, 0.3) is 0 Å². The smallest absolute Gasteiger partial charge is 0.406 e. The molecule has 11 nitrogen and oxygen atoms in total. The molecule has 3 aromatic rings. The van der Waals surface area contributed by atoms with E-state index in [9.17, 15) is 23.1 Å². The number of carbonyl (C=O) groups excluding carboxylic acids is 1. The summed E-state index contributed by atoms with van der Waals surface area (Å²) >= 11 is 0. The summed E-state index contributed by atoms with van der Waals surface area (Å²) in [6.45, 7) is 0.776. The Labute approximate surface area is 228 Å². The van der Waals surface area contributed by atoms with Crippen molar-refractivity contribution in [3.63, 3.8) is 0 Å². The van der Waals surface area contributed by atoms with Crippen LogP contribution in [0.2, 0.25) is 0 Å². The van der Waals surface area contributed by atoms with E-state index in [1.54, 1.807) is 41.7 Å². The number of unbranched alkanes of at least 4 members (excludes halogenated alkanes) is 1. The van der Waals surface area contributed by atoms with Gasteiger partial charge in [0.25, 0.3) is 0 Å². The quantitative estimate of drug-likeness (QED) is 0.157. The minimum Gasteiger partial charge on any atom is -0.406 e. The average Bonchev–Trinajstić information content (AvgIpc) is 3.40. The molecule has 40 heavy (non-hydrogen) atoms. The van der Waals surface area contributed by atoms with Crippen molar-refractivity contribution < 1.29 is 27.8 Å². The second-order valence-corrected chi connectivity index (χ2v) is 8.91. The van der Waals surface area contributed by atoms with Crippen LogP contribution >= 0.6 is 0 Å². The van der Waals surface area contributed by atoms with E-state index in [0.717, 1.165) is 18.5 Å². The van der Waals surface area contributed by atoms with Crippen LogP contribution in [0.5, 0.6) is 5.75 Å². The summed E-state index contributed by atoms with van der Waals surface area (Å²) in [6.07, 6.45) is 0.0206. The van der Waals surface area contributed by atoms with Gasteiger partial charge < -0.3 is 20.6 Å². The molecule has 1 aliphatic heterocycles. The van der Waals surface area contributed by atoms with Crippen LogP contribution in [0, 0.1) is 0 Å². The van der Waals surface area contributed by atoms with Crippen molar-refractivity contribution in [2.24, 2.45) is 0 Å². The highest BCUT2D eigenvalue weighted by molar-refractivity contribution is 5.91. The van der Waals surface area contributed by atoms with Crippen molar-refractivity contribution >= 4 is 11.7 Å². The second-order valence-electron chi connectivity index (χ2n) is 8.91. The lowest BCUT2D eigenvalue weighted by Crippen LogP contribution is -2.41. The van der Waals surface area contributed by atoms with E-state index >= 15 is 0 Å². The van der Waals surface area contributed by atoms with Gasteiger partial charge in [-0.3, -0.25) is 20.1 Å². The fourth-order valence-electron chi connectivity index (χ4n) is 3.81. The van der Waals surface area contributed by atoms with Gasteiger partial charge in [-0.1, -0.05) is 18.2 Å². The van der Waals surface area contributed by atoms with E-state index in [-0.39, 0.29) is 24.6 Å². The van der Waals surface area contributed by atoms with Gasteiger partial charge in [-0.25, -0.2) is 0 Å². The third-order valence-corrected chi connectivity index (χ3v) is 5.70. The minimum absolute atomic E-state index is 0.128. The van der Waals surface area contributed by atoms with Crippen LogP contribution in [-0.2, 0) is 24.2 Å². The molecule has 3 heterocycles. The van der Waals surface area contributed by atoms with Crippen molar-refractivity contribution in [2.75, 3.05) is 11.9 Å². The molecule has 2 aromatic heterocycles. The van der Waals surface area contributed by atoms with Crippen LogP contribution in [0.1, 0.15) is 29.8 Å². The summed E-state index contributed by atoms with van der Waals surface area (Å²) in [5.74, 6) is -0.160. The van der Waals surface area contributed by atoms with Gasteiger partial charge in [-0.05, 0) is 61.2 Å². The number of aliphatic hydroxyl groups is 1. The van der Waals surface area contributed by atoms with E-state index in [4.69, 9.17) is 0 Å². The SMILES string of the molecule is O=C(Cc1ccccn1)Nc1ccc(CCCCN2C=C(C(O)NCc3cccc(OC(F)(F)F)c3)NN2)nn1. The summed E-state index contributed by atoms with van der Waals surface area (Å²) in [6, 6.07) is 14.5. The number of rotatable bonds is 13. The molecule has 1 aromatic carbocycles. The molecule has 0 radical (unpaired) electrons. The maximum atomic E-state index is 12.4. The van der Waals surface area contributed by atoms with E-state index < -0.39 is 12.6 Å². The fourth-order valence-corrected chi connectivity index (χ4v) is 3.81. The zero-order valence-corrected chi connectivity index (χ0v) is 21.4. The number of aryl methyl sites for hydroxylation is 1. The Kier molecular flexibility index (Phi) is 9.83. The Morgan fingerprint density at radius 1 is 1.07 bits per heavy atom.